The molecule has 4 aromatic rings. The van der Waals surface area contributed by atoms with Gasteiger partial charge in [-0.1, -0.05) is 29.8 Å². The number of nitrogens with one attached hydrogen (secondary N) is 1. The van der Waals surface area contributed by atoms with E-state index in [1.165, 1.54) is 6.07 Å². The fourth-order valence-corrected chi connectivity index (χ4v) is 3.50. The molecule has 0 atom stereocenters. The summed E-state index contributed by atoms with van der Waals surface area (Å²) in [4.78, 5) is 20.8. The number of carboxylic acids is 1. The molecule has 152 valence electrons. The average molecular weight is 421 g/mol. The molecule has 0 radical (unpaired) electrons. The van der Waals surface area contributed by atoms with Crippen LogP contribution in [0.2, 0.25) is 5.02 Å². The van der Waals surface area contributed by atoms with Crippen molar-refractivity contribution in [1.82, 2.24) is 9.97 Å². The second kappa shape index (κ2) is 7.72. The predicted octanol–water partition coefficient (Wildman–Crippen LogP) is 4.41. The Bertz CT molecular complexity index is 1260. The molecule has 0 unspecified atom stereocenters. The van der Waals surface area contributed by atoms with Gasteiger partial charge in [-0.05, 0) is 54.4 Å². The molecule has 30 heavy (non-hydrogen) atoms. The number of imidazole rings is 1. The zero-order valence-corrected chi connectivity index (χ0v) is 17.4. The van der Waals surface area contributed by atoms with Gasteiger partial charge in [-0.25, -0.2) is 0 Å². The van der Waals surface area contributed by atoms with Crippen LogP contribution in [0.1, 0.15) is 15.9 Å². The second-order valence-corrected chi connectivity index (χ2v) is 7.61. The van der Waals surface area contributed by atoms with Crippen molar-refractivity contribution in [2.45, 2.75) is 6.92 Å². The summed E-state index contributed by atoms with van der Waals surface area (Å²) in [6.07, 6.45) is 0. The Morgan fingerprint density at radius 1 is 1.13 bits per heavy atom. The fraction of sp³-hybridized carbons (Fsp3) is 0.130. The third kappa shape index (κ3) is 3.82. The Morgan fingerprint density at radius 3 is 2.67 bits per heavy atom. The highest BCUT2D eigenvalue weighted by Crippen LogP contribution is 2.34. The van der Waals surface area contributed by atoms with Crippen LogP contribution in [0.15, 0.2) is 54.6 Å². The molecule has 0 spiro atoms. The third-order valence-electron chi connectivity index (χ3n) is 4.87. The molecular weight excluding hydrogens is 402 g/mol. The molecule has 1 aromatic heterocycles. The number of aromatic amines is 1. The van der Waals surface area contributed by atoms with E-state index in [1.54, 1.807) is 25.1 Å². The van der Waals surface area contributed by atoms with Crippen LogP contribution < -0.4 is 14.7 Å². The summed E-state index contributed by atoms with van der Waals surface area (Å²) < 4.78 is 5.74. The molecule has 1 heterocycles. The number of hydrogen-bond acceptors (Lipinski definition) is 5. The first-order valence-corrected chi connectivity index (χ1v) is 9.66. The van der Waals surface area contributed by atoms with Gasteiger partial charge in [0.15, 0.2) is 0 Å². The minimum Gasteiger partial charge on any atom is -0.545 e. The number of carbonyl (C=O) groups excluding carboxylic acids is 1. The first kappa shape index (κ1) is 19.8. The lowest BCUT2D eigenvalue weighted by molar-refractivity contribution is -0.255. The molecule has 1 N–H and O–H groups in total. The number of hydrogen-bond donors (Lipinski definition) is 1. The minimum atomic E-state index is -1.25. The van der Waals surface area contributed by atoms with Gasteiger partial charge in [-0.2, -0.15) is 4.98 Å². The quantitative estimate of drug-likeness (QED) is 0.517. The molecule has 3 aromatic carbocycles. The lowest BCUT2D eigenvalue weighted by atomic mass is 10.0. The van der Waals surface area contributed by atoms with Crippen LogP contribution in [-0.4, -0.2) is 30.0 Å². The minimum absolute atomic E-state index is 0.0784. The second-order valence-electron chi connectivity index (χ2n) is 7.20. The van der Waals surface area contributed by atoms with Crippen molar-refractivity contribution >= 4 is 34.3 Å². The highest BCUT2D eigenvalue weighted by atomic mass is 35.5. The Morgan fingerprint density at radius 2 is 1.93 bits per heavy atom. The zero-order chi connectivity index (χ0) is 21.4. The summed E-state index contributed by atoms with van der Waals surface area (Å²) in [5.41, 5.74) is 4.99. The number of nitrogens with zero attached hydrogens (tertiary/aromatic N) is 2. The Labute approximate surface area is 178 Å². The number of aromatic carboxylic acids is 1. The SMILES string of the molecule is Cc1ccc(Oc2nc3cc(-c4cccc(N(C)C)c4)c(Cl)cc3[nH]2)cc1C(=O)[O-]. The zero-order valence-electron chi connectivity index (χ0n) is 16.7. The summed E-state index contributed by atoms with van der Waals surface area (Å²) in [5, 5.41) is 11.8. The number of carbonyl (C=O) groups is 1. The number of carboxylic acid groups (broad SMARTS) is 1. The normalized spacial score (nSPS) is 10.9. The number of halogens is 1. The van der Waals surface area contributed by atoms with Crippen LogP contribution in [0, 0.1) is 6.92 Å². The Hall–Kier alpha value is -3.51. The lowest BCUT2D eigenvalue weighted by Crippen LogP contribution is -2.23. The van der Waals surface area contributed by atoms with E-state index in [4.69, 9.17) is 16.3 Å². The number of aromatic nitrogens is 2. The maximum atomic E-state index is 11.2. The van der Waals surface area contributed by atoms with Crippen LogP contribution in [0.3, 0.4) is 0 Å². The smallest absolute Gasteiger partial charge is 0.300 e. The van der Waals surface area contributed by atoms with Crippen LogP contribution in [0.5, 0.6) is 11.8 Å². The van der Waals surface area contributed by atoms with Crippen LogP contribution in [0.4, 0.5) is 5.69 Å². The van der Waals surface area contributed by atoms with E-state index in [1.807, 2.05) is 43.3 Å². The third-order valence-corrected chi connectivity index (χ3v) is 5.18. The van der Waals surface area contributed by atoms with Crippen molar-refractivity contribution in [3.05, 3.63) is 70.7 Å². The number of aryl methyl sites for hydroxylation is 1. The van der Waals surface area contributed by atoms with E-state index in [0.717, 1.165) is 22.3 Å². The molecule has 6 nitrogen and oxygen atoms in total. The van der Waals surface area contributed by atoms with Gasteiger partial charge in [0.1, 0.15) is 5.75 Å². The molecule has 7 heteroatoms. The Kier molecular flexibility index (Phi) is 5.10. The summed E-state index contributed by atoms with van der Waals surface area (Å²) in [6.45, 7) is 1.70. The molecule has 0 bridgehead atoms. The molecule has 0 aliphatic rings. The van der Waals surface area contributed by atoms with E-state index in [2.05, 4.69) is 16.0 Å². The number of H-pyrrole nitrogens is 1. The highest BCUT2D eigenvalue weighted by Gasteiger charge is 2.12. The van der Waals surface area contributed by atoms with Gasteiger partial charge in [0.2, 0.25) is 0 Å². The van der Waals surface area contributed by atoms with Gasteiger partial charge >= 0.3 is 0 Å². The maximum Gasteiger partial charge on any atom is 0.300 e. The van der Waals surface area contributed by atoms with Crippen molar-refractivity contribution < 1.29 is 14.6 Å². The molecule has 0 aliphatic heterocycles. The van der Waals surface area contributed by atoms with Crippen LogP contribution >= 0.6 is 11.6 Å². The topological polar surface area (TPSA) is 81.3 Å². The molecule has 0 fully saturated rings. The van der Waals surface area contributed by atoms with Gasteiger partial charge in [0, 0.05) is 30.9 Å². The van der Waals surface area contributed by atoms with Gasteiger partial charge < -0.3 is 24.5 Å². The molecule has 0 amide bonds. The summed E-state index contributed by atoms with van der Waals surface area (Å²) in [6, 6.07) is 16.8. The van der Waals surface area contributed by atoms with Crippen molar-refractivity contribution in [1.29, 1.82) is 0 Å². The van der Waals surface area contributed by atoms with E-state index in [-0.39, 0.29) is 11.6 Å². The van der Waals surface area contributed by atoms with Crippen molar-refractivity contribution in [2.24, 2.45) is 0 Å². The first-order chi connectivity index (χ1) is 14.3. The van der Waals surface area contributed by atoms with Crippen LogP contribution in [0.25, 0.3) is 22.2 Å². The van der Waals surface area contributed by atoms with Crippen molar-refractivity contribution in [3.63, 3.8) is 0 Å². The van der Waals surface area contributed by atoms with Gasteiger partial charge in [0.05, 0.1) is 22.0 Å². The number of anilines is 1. The number of rotatable bonds is 5. The Balaban J connectivity index is 1.70. The highest BCUT2D eigenvalue weighted by molar-refractivity contribution is 6.34. The predicted molar refractivity (Wildman–Crippen MR) is 116 cm³/mol. The average Bonchev–Trinajstić information content (AvgIpc) is 3.09. The van der Waals surface area contributed by atoms with E-state index >= 15 is 0 Å². The standard InChI is InChI=1S/C23H20ClN3O3/c1-13-7-8-16(10-17(13)22(28)29)30-23-25-20-11-18(19(24)12-21(20)26-23)14-5-4-6-15(9-14)27(2)3/h4-12H,1-3H3,(H,25,26)(H,28,29)/p-1. The van der Waals surface area contributed by atoms with Crippen LogP contribution in [-0.2, 0) is 0 Å². The summed E-state index contributed by atoms with van der Waals surface area (Å²) in [5.74, 6) is -0.900. The molecule has 4 rings (SSSR count). The summed E-state index contributed by atoms with van der Waals surface area (Å²) in [7, 11) is 3.97. The molecule has 0 saturated carbocycles. The van der Waals surface area contributed by atoms with Crippen molar-refractivity contribution in [3.8, 4) is 22.9 Å². The number of benzene rings is 3. The fourth-order valence-electron chi connectivity index (χ4n) is 3.22. The molecule has 0 aliphatic carbocycles. The van der Waals surface area contributed by atoms with Gasteiger partial charge in [0.25, 0.3) is 6.01 Å². The summed E-state index contributed by atoms with van der Waals surface area (Å²) >= 11 is 6.54. The maximum absolute atomic E-state index is 11.2. The molecule has 0 saturated heterocycles. The first-order valence-electron chi connectivity index (χ1n) is 9.28. The lowest BCUT2D eigenvalue weighted by Gasteiger charge is -2.14. The van der Waals surface area contributed by atoms with Crippen molar-refractivity contribution in [2.75, 3.05) is 19.0 Å². The van der Waals surface area contributed by atoms with Gasteiger partial charge in [-0.3, -0.25) is 0 Å². The number of ether oxygens (including phenoxy) is 1. The van der Waals surface area contributed by atoms with E-state index in [0.29, 0.717) is 21.9 Å². The largest absolute Gasteiger partial charge is 0.545 e. The van der Waals surface area contributed by atoms with E-state index < -0.39 is 5.97 Å². The number of fused-ring (bicyclic) bond motifs is 1. The van der Waals surface area contributed by atoms with E-state index in [9.17, 15) is 9.90 Å². The monoisotopic (exact) mass is 420 g/mol. The molecular formula is C23H19ClN3O3-. The van der Waals surface area contributed by atoms with Gasteiger partial charge in [-0.15, -0.1) is 0 Å².